The Morgan fingerprint density at radius 3 is 2.53 bits per heavy atom. The van der Waals surface area contributed by atoms with Gasteiger partial charge >= 0.3 is 6.03 Å². The molecule has 2 amide bonds. The lowest BCUT2D eigenvalue weighted by atomic mass is 10.3. The van der Waals surface area contributed by atoms with Gasteiger partial charge in [-0.05, 0) is 41.6 Å². The molecule has 0 saturated carbocycles. The van der Waals surface area contributed by atoms with Crippen molar-refractivity contribution in [3.63, 3.8) is 0 Å². The molecular weight excluding hydrogens is 382 g/mol. The van der Waals surface area contributed by atoms with Gasteiger partial charge < -0.3 is 15.0 Å². The van der Waals surface area contributed by atoms with Crippen LogP contribution in [0.3, 0.4) is 0 Å². The fraction of sp³-hybridized carbons (Fsp3) is 0.333. The molecule has 0 unspecified atom stereocenters. The average molecular weight is 407 g/mol. The fourth-order valence-electron chi connectivity index (χ4n) is 3.43. The number of para-hydroxylation sites is 3. The summed E-state index contributed by atoms with van der Waals surface area (Å²) in [6.07, 6.45) is 0. The van der Waals surface area contributed by atoms with E-state index in [0.717, 1.165) is 24.6 Å². The van der Waals surface area contributed by atoms with Crippen LogP contribution in [-0.4, -0.2) is 68.8 Å². The zero-order valence-electron chi connectivity index (χ0n) is 16.9. The Balaban J connectivity index is 1.33. The minimum absolute atomic E-state index is 0.115. The molecular formula is C21H25N7O2. The molecule has 1 aromatic heterocycles. The molecule has 0 bridgehead atoms. The van der Waals surface area contributed by atoms with Gasteiger partial charge in [0.25, 0.3) is 0 Å². The number of hydrogen-bond acceptors (Lipinski definition) is 6. The predicted octanol–water partition coefficient (Wildman–Crippen LogP) is 2.41. The van der Waals surface area contributed by atoms with Crippen LogP contribution in [0.2, 0.25) is 0 Å². The standard InChI is InChI=1S/C21H25N7O2/c1-2-30-19-11-7-6-10-18(19)22-21(29)27-14-12-26(13-15-27)16-20-23-24-25-28(20)17-8-4-3-5-9-17/h3-11H,2,12-16H2,1H3,(H,22,29). The SMILES string of the molecule is CCOc1ccccc1NC(=O)N1CCN(Cc2nnnn2-c2ccccc2)CC1. The van der Waals surface area contributed by atoms with E-state index in [9.17, 15) is 4.79 Å². The number of carbonyl (C=O) groups excluding carboxylic acids is 1. The van der Waals surface area contributed by atoms with E-state index in [1.807, 2.05) is 66.4 Å². The summed E-state index contributed by atoms with van der Waals surface area (Å²) in [5, 5.41) is 15.1. The molecule has 1 fully saturated rings. The van der Waals surface area contributed by atoms with E-state index in [2.05, 4.69) is 25.7 Å². The van der Waals surface area contributed by atoms with E-state index >= 15 is 0 Å². The first-order valence-corrected chi connectivity index (χ1v) is 10.1. The number of benzene rings is 2. The maximum atomic E-state index is 12.7. The predicted molar refractivity (Wildman–Crippen MR) is 113 cm³/mol. The number of aromatic nitrogens is 4. The van der Waals surface area contributed by atoms with E-state index in [4.69, 9.17) is 4.74 Å². The van der Waals surface area contributed by atoms with Crippen molar-refractivity contribution in [3.05, 3.63) is 60.4 Å². The van der Waals surface area contributed by atoms with Crippen LogP contribution < -0.4 is 10.1 Å². The second-order valence-electron chi connectivity index (χ2n) is 6.96. The number of urea groups is 1. The summed E-state index contributed by atoms with van der Waals surface area (Å²) < 4.78 is 7.34. The zero-order valence-corrected chi connectivity index (χ0v) is 16.9. The van der Waals surface area contributed by atoms with Crippen LogP contribution in [0.25, 0.3) is 5.69 Å². The van der Waals surface area contributed by atoms with Gasteiger partial charge in [0, 0.05) is 26.2 Å². The first-order chi connectivity index (χ1) is 14.7. The summed E-state index contributed by atoms with van der Waals surface area (Å²) in [4.78, 5) is 16.8. The van der Waals surface area contributed by atoms with Gasteiger partial charge in [0.15, 0.2) is 5.82 Å². The summed E-state index contributed by atoms with van der Waals surface area (Å²) in [6, 6.07) is 17.2. The van der Waals surface area contributed by atoms with Gasteiger partial charge in [0.1, 0.15) is 5.75 Å². The summed E-state index contributed by atoms with van der Waals surface area (Å²) in [6.45, 7) is 5.87. The molecule has 3 aromatic rings. The highest BCUT2D eigenvalue weighted by molar-refractivity contribution is 5.91. The highest BCUT2D eigenvalue weighted by atomic mass is 16.5. The third-order valence-electron chi connectivity index (χ3n) is 4.99. The van der Waals surface area contributed by atoms with E-state index in [1.165, 1.54) is 0 Å². The Morgan fingerprint density at radius 1 is 1.03 bits per heavy atom. The molecule has 1 aliphatic rings. The lowest BCUT2D eigenvalue weighted by Gasteiger charge is -2.34. The monoisotopic (exact) mass is 407 g/mol. The number of amides is 2. The molecule has 156 valence electrons. The minimum atomic E-state index is -0.115. The molecule has 4 rings (SSSR count). The van der Waals surface area contributed by atoms with Crippen LogP contribution in [0, 0.1) is 0 Å². The second-order valence-corrected chi connectivity index (χ2v) is 6.96. The number of ether oxygens (including phenoxy) is 1. The third kappa shape index (κ3) is 4.57. The van der Waals surface area contributed by atoms with Crippen molar-refractivity contribution in [2.75, 3.05) is 38.1 Å². The molecule has 0 atom stereocenters. The fourth-order valence-corrected chi connectivity index (χ4v) is 3.43. The van der Waals surface area contributed by atoms with E-state index < -0.39 is 0 Å². The maximum absolute atomic E-state index is 12.7. The first-order valence-electron chi connectivity index (χ1n) is 10.1. The molecule has 0 radical (unpaired) electrons. The van der Waals surface area contributed by atoms with Crippen LogP contribution in [0.4, 0.5) is 10.5 Å². The van der Waals surface area contributed by atoms with E-state index in [1.54, 1.807) is 4.68 Å². The molecule has 1 N–H and O–H groups in total. The van der Waals surface area contributed by atoms with Gasteiger partial charge in [0.05, 0.1) is 24.5 Å². The molecule has 9 nitrogen and oxygen atoms in total. The molecule has 2 heterocycles. The lowest BCUT2D eigenvalue weighted by molar-refractivity contribution is 0.140. The summed E-state index contributed by atoms with van der Waals surface area (Å²) in [7, 11) is 0. The maximum Gasteiger partial charge on any atom is 0.322 e. The molecule has 2 aromatic carbocycles. The Bertz CT molecular complexity index is 968. The van der Waals surface area contributed by atoms with Crippen molar-refractivity contribution in [1.29, 1.82) is 0 Å². The van der Waals surface area contributed by atoms with Gasteiger partial charge in [-0.3, -0.25) is 4.90 Å². The molecule has 30 heavy (non-hydrogen) atoms. The van der Waals surface area contributed by atoms with Gasteiger partial charge in [-0.2, -0.15) is 4.68 Å². The molecule has 0 spiro atoms. The van der Waals surface area contributed by atoms with Crippen LogP contribution in [0.5, 0.6) is 5.75 Å². The van der Waals surface area contributed by atoms with Crippen LogP contribution in [0.15, 0.2) is 54.6 Å². The van der Waals surface area contributed by atoms with Gasteiger partial charge in [-0.1, -0.05) is 30.3 Å². The molecule has 1 saturated heterocycles. The number of rotatable bonds is 6. The number of carbonyl (C=O) groups is 1. The van der Waals surface area contributed by atoms with Crippen molar-refractivity contribution >= 4 is 11.7 Å². The number of tetrazole rings is 1. The summed E-state index contributed by atoms with van der Waals surface area (Å²) in [5.74, 6) is 1.46. The lowest BCUT2D eigenvalue weighted by Crippen LogP contribution is -2.49. The van der Waals surface area contributed by atoms with Crippen LogP contribution in [-0.2, 0) is 6.54 Å². The van der Waals surface area contributed by atoms with Gasteiger partial charge in [-0.25, -0.2) is 4.79 Å². The van der Waals surface area contributed by atoms with Crippen molar-refractivity contribution < 1.29 is 9.53 Å². The topological polar surface area (TPSA) is 88.4 Å². The number of piperazine rings is 1. The van der Waals surface area contributed by atoms with Crippen molar-refractivity contribution in [1.82, 2.24) is 30.0 Å². The summed E-state index contributed by atoms with van der Waals surface area (Å²) in [5.41, 5.74) is 1.62. The Morgan fingerprint density at radius 2 is 1.77 bits per heavy atom. The number of nitrogens with zero attached hydrogens (tertiary/aromatic N) is 6. The van der Waals surface area contributed by atoms with Crippen LogP contribution >= 0.6 is 0 Å². The highest BCUT2D eigenvalue weighted by Gasteiger charge is 2.23. The quantitative estimate of drug-likeness (QED) is 0.675. The Kier molecular flexibility index (Phi) is 6.19. The zero-order chi connectivity index (χ0) is 20.8. The Labute approximate surface area is 175 Å². The van der Waals surface area contributed by atoms with E-state index in [0.29, 0.717) is 37.7 Å². The van der Waals surface area contributed by atoms with E-state index in [-0.39, 0.29) is 6.03 Å². The normalized spacial score (nSPS) is 14.5. The smallest absolute Gasteiger partial charge is 0.322 e. The van der Waals surface area contributed by atoms with Gasteiger partial charge in [-0.15, -0.1) is 5.10 Å². The number of nitrogens with one attached hydrogen (secondary N) is 1. The first kappa shape index (κ1) is 19.8. The average Bonchev–Trinajstić information content (AvgIpc) is 3.24. The van der Waals surface area contributed by atoms with Crippen molar-refractivity contribution in [3.8, 4) is 11.4 Å². The molecule has 1 aliphatic heterocycles. The van der Waals surface area contributed by atoms with Crippen molar-refractivity contribution in [2.45, 2.75) is 13.5 Å². The number of hydrogen-bond donors (Lipinski definition) is 1. The minimum Gasteiger partial charge on any atom is -0.492 e. The molecule has 9 heteroatoms. The number of anilines is 1. The second kappa shape index (κ2) is 9.36. The highest BCUT2D eigenvalue weighted by Crippen LogP contribution is 2.24. The molecule has 0 aliphatic carbocycles. The van der Waals surface area contributed by atoms with Crippen LogP contribution in [0.1, 0.15) is 12.7 Å². The van der Waals surface area contributed by atoms with Crippen molar-refractivity contribution in [2.24, 2.45) is 0 Å². The largest absolute Gasteiger partial charge is 0.492 e. The van der Waals surface area contributed by atoms with Gasteiger partial charge in [0.2, 0.25) is 0 Å². The summed E-state index contributed by atoms with van der Waals surface area (Å²) >= 11 is 0. The third-order valence-corrected chi connectivity index (χ3v) is 4.99. The Hall–Kier alpha value is -3.46.